The summed E-state index contributed by atoms with van der Waals surface area (Å²) in [4.78, 5) is 22.1. The first-order valence-corrected chi connectivity index (χ1v) is 5.35. The van der Waals surface area contributed by atoms with E-state index >= 15 is 0 Å². The van der Waals surface area contributed by atoms with Gasteiger partial charge in [-0.25, -0.2) is 4.39 Å². The molecule has 0 bridgehead atoms. The number of hydrogen-bond donors (Lipinski definition) is 1. The molecule has 0 radical (unpaired) electrons. The van der Waals surface area contributed by atoms with Gasteiger partial charge in [-0.2, -0.15) is 0 Å². The highest BCUT2D eigenvalue weighted by Crippen LogP contribution is 2.28. The van der Waals surface area contributed by atoms with Crippen LogP contribution < -0.4 is 4.90 Å². The Kier molecular flexibility index (Phi) is 5.19. The molecule has 0 saturated carbocycles. The van der Waals surface area contributed by atoms with Crippen LogP contribution in [0.2, 0.25) is 0 Å². The van der Waals surface area contributed by atoms with Gasteiger partial charge < -0.3 is 14.7 Å². The average Bonchev–Trinajstić information content (AvgIpc) is 2.33. The van der Waals surface area contributed by atoms with Crippen LogP contribution in [0.4, 0.5) is 15.8 Å². The molecule has 1 rings (SSSR count). The summed E-state index contributed by atoms with van der Waals surface area (Å²) in [7, 11) is 1.42. The van der Waals surface area contributed by atoms with Gasteiger partial charge in [0.05, 0.1) is 11.5 Å². The number of aliphatic carboxylic acids is 1. The van der Waals surface area contributed by atoms with E-state index in [1.807, 2.05) is 0 Å². The predicted octanol–water partition coefficient (Wildman–Crippen LogP) is 1.27. The van der Waals surface area contributed by atoms with Gasteiger partial charge in [0, 0.05) is 25.8 Å². The van der Waals surface area contributed by atoms with Crippen molar-refractivity contribution in [1.29, 1.82) is 0 Å². The van der Waals surface area contributed by atoms with Crippen molar-refractivity contribution in [2.24, 2.45) is 0 Å². The van der Waals surface area contributed by atoms with E-state index in [2.05, 4.69) is 0 Å². The molecule has 0 aliphatic heterocycles. The number of carboxylic acids is 1. The van der Waals surface area contributed by atoms with Gasteiger partial charge >= 0.3 is 5.97 Å². The van der Waals surface area contributed by atoms with E-state index in [0.717, 1.165) is 18.2 Å². The zero-order chi connectivity index (χ0) is 14.4. The van der Waals surface area contributed by atoms with E-state index in [1.165, 1.54) is 12.0 Å². The van der Waals surface area contributed by atoms with Crippen molar-refractivity contribution in [3.05, 3.63) is 34.1 Å². The number of carboxylic acid groups (broad SMARTS) is 1. The number of anilines is 1. The maximum Gasteiger partial charge on any atom is 0.323 e. The first-order chi connectivity index (χ1) is 8.95. The zero-order valence-electron chi connectivity index (χ0n) is 10.2. The first kappa shape index (κ1) is 14.8. The molecule has 19 heavy (non-hydrogen) atoms. The number of methoxy groups -OCH3 is 1. The second-order valence-corrected chi connectivity index (χ2v) is 3.70. The largest absolute Gasteiger partial charge is 0.480 e. The summed E-state index contributed by atoms with van der Waals surface area (Å²) in [5.74, 6) is -1.84. The van der Waals surface area contributed by atoms with Crippen molar-refractivity contribution in [3.8, 4) is 0 Å². The highest BCUT2D eigenvalue weighted by atomic mass is 19.1. The Labute approximate surface area is 108 Å². The molecule has 0 atom stereocenters. The van der Waals surface area contributed by atoms with Crippen LogP contribution in [0, 0.1) is 15.9 Å². The molecular weight excluding hydrogens is 259 g/mol. The van der Waals surface area contributed by atoms with E-state index < -0.39 is 23.3 Å². The molecule has 0 fully saturated rings. The fourth-order valence-corrected chi connectivity index (χ4v) is 1.55. The van der Waals surface area contributed by atoms with Crippen molar-refractivity contribution < 1.29 is 24.0 Å². The summed E-state index contributed by atoms with van der Waals surface area (Å²) in [5.41, 5.74) is -0.428. The molecule has 1 N–H and O–H groups in total. The van der Waals surface area contributed by atoms with Crippen molar-refractivity contribution in [1.82, 2.24) is 0 Å². The van der Waals surface area contributed by atoms with Crippen LogP contribution in [-0.2, 0) is 9.53 Å². The topological polar surface area (TPSA) is 92.9 Å². The normalized spacial score (nSPS) is 10.2. The lowest BCUT2D eigenvalue weighted by molar-refractivity contribution is -0.384. The van der Waals surface area contributed by atoms with E-state index in [1.54, 1.807) is 0 Å². The van der Waals surface area contributed by atoms with Gasteiger partial charge in [0.25, 0.3) is 5.69 Å². The quantitative estimate of drug-likeness (QED) is 0.593. The molecule has 1 aromatic carbocycles. The fraction of sp³-hybridized carbons (Fsp3) is 0.364. The minimum Gasteiger partial charge on any atom is -0.480 e. The number of halogens is 1. The standard InChI is InChI=1S/C11H13FN2O5/c1-19-5-4-13(7-11(15)16)10-6-8(12)2-3-9(10)14(17)18/h2-3,6H,4-5,7H2,1H3,(H,15,16). The van der Waals surface area contributed by atoms with Crippen molar-refractivity contribution in [2.45, 2.75) is 0 Å². The maximum absolute atomic E-state index is 13.2. The Bertz CT molecular complexity index is 480. The molecule has 0 aliphatic rings. The van der Waals surface area contributed by atoms with Crippen molar-refractivity contribution >= 4 is 17.3 Å². The van der Waals surface area contributed by atoms with Crippen molar-refractivity contribution in [3.63, 3.8) is 0 Å². The maximum atomic E-state index is 13.2. The van der Waals surface area contributed by atoms with Crippen LogP contribution in [-0.4, -0.2) is 42.8 Å². The molecule has 0 spiro atoms. The summed E-state index contributed by atoms with van der Waals surface area (Å²) in [5, 5.41) is 19.7. The van der Waals surface area contributed by atoms with Crippen LogP contribution >= 0.6 is 0 Å². The van der Waals surface area contributed by atoms with Gasteiger partial charge in [-0.1, -0.05) is 0 Å². The molecule has 0 aliphatic carbocycles. The number of ether oxygens (including phenoxy) is 1. The summed E-state index contributed by atoms with van der Waals surface area (Å²) in [6.45, 7) is -0.207. The lowest BCUT2D eigenvalue weighted by atomic mass is 10.2. The number of rotatable bonds is 7. The lowest BCUT2D eigenvalue weighted by Gasteiger charge is -2.22. The number of nitro benzene ring substituents is 1. The molecule has 7 nitrogen and oxygen atoms in total. The smallest absolute Gasteiger partial charge is 0.323 e. The second kappa shape index (κ2) is 6.64. The van der Waals surface area contributed by atoms with Crippen molar-refractivity contribution in [2.75, 3.05) is 31.7 Å². The molecule has 0 heterocycles. The minimum atomic E-state index is -1.17. The Hall–Kier alpha value is -2.22. The molecule has 0 saturated heterocycles. The van der Waals surface area contributed by atoms with Crippen LogP contribution in [0.3, 0.4) is 0 Å². The summed E-state index contributed by atoms with van der Waals surface area (Å²) in [6, 6.07) is 2.90. The number of benzene rings is 1. The van der Waals surface area contributed by atoms with Gasteiger partial charge in [0.2, 0.25) is 0 Å². The molecular formula is C11H13FN2O5. The van der Waals surface area contributed by atoms with E-state index in [9.17, 15) is 19.3 Å². The zero-order valence-corrected chi connectivity index (χ0v) is 10.2. The lowest BCUT2D eigenvalue weighted by Crippen LogP contribution is -2.33. The highest BCUT2D eigenvalue weighted by molar-refractivity contribution is 5.76. The van der Waals surface area contributed by atoms with Crippen LogP contribution in [0.1, 0.15) is 0 Å². The van der Waals surface area contributed by atoms with Gasteiger partial charge in [-0.3, -0.25) is 14.9 Å². The second-order valence-electron chi connectivity index (χ2n) is 3.70. The fourth-order valence-electron chi connectivity index (χ4n) is 1.55. The van der Waals surface area contributed by atoms with Gasteiger partial charge in [-0.05, 0) is 6.07 Å². The molecule has 0 aromatic heterocycles. The van der Waals surface area contributed by atoms with Crippen LogP contribution in [0.25, 0.3) is 0 Å². The highest BCUT2D eigenvalue weighted by Gasteiger charge is 2.21. The Balaban J connectivity index is 3.14. The molecule has 0 amide bonds. The molecule has 8 heteroatoms. The first-order valence-electron chi connectivity index (χ1n) is 5.35. The predicted molar refractivity (Wildman–Crippen MR) is 64.8 cm³/mol. The summed E-state index contributed by atoms with van der Waals surface area (Å²) >= 11 is 0. The Morgan fingerprint density at radius 3 is 2.79 bits per heavy atom. The van der Waals surface area contributed by atoms with Crippen LogP contribution in [0.15, 0.2) is 18.2 Å². The third-order valence-electron chi connectivity index (χ3n) is 2.37. The van der Waals surface area contributed by atoms with Gasteiger partial charge in [-0.15, -0.1) is 0 Å². The van der Waals surface area contributed by atoms with Crippen LogP contribution in [0.5, 0.6) is 0 Å². The third-order valence-corrected chi connectivity index (χ3v) is 2.37. The minimum absolute atomic E-state index is 0.0792. The average molecular weight is 272 g/mol. The number of hydrogen-bond acceptors (Lipinski definition) is 5. The number of nitrogens with zero attached hydrogens (tertiary/aromatic N) is 2. The monoisotopic (exact) mass is 272 g/mol. The summed E-state index contributed by atoms with van der Waals surface area (Å²) < 4.78 is 18.0. The SMILES string of the molecule is COCCN(CC(=O)O)c1cc(F)ccc1[N+](=O)[O-]. The van der Waals surface area contributed by atoms with Gasteiger partial charge in [0.15, 0.2) is 0 Å². The number of nitro groups is 1. The van der Waals surface area contributed by atoms with Gasteiger partial charge in [0.1, 0.15) is 18.0 Å². The Morgan fingerprint density at radius 2 is 2.26 bits per heavy atom. The molecule has 0 unspecified atom stereocenters. The molecule has 1 aromatic rings. The van der Waals surface area contributed by atoms with E-state index in [0.29, 0.717) is 0 Å². The van der Waals surface area contributed by atoms with E-state index in [4.69, 9.17) is 9.84 Å². The Morgan fingerprint density at radius 1 is 1.58 bits per heavy atom. The number of carbonyl (C=O) groups is 1. The van der Waals surface area contributed by atoms with E-state index in [-0.39, 0.29) is 24.5 Å². The molecule has 104 valence electrons. The third kappa shape index (κ3) is 4.18. The summed E-state index contributed by atoms with van der Waals surface area (Å²) in [6.07, 6.45) is 0.